The van der Waals surface area contributed by atoms with Gasteiger partial charge in [0.1, 0.15) is 0 Å². The Labute approximate surface area is 189 Å². The second kappa shape index (κ2) is 12.8. The highest BCUT2D eigenvalue weighted by Gasteiger charge is 2.31. The Kier molecular flexibility index (Phi) is 10.9. The second-order valence-corrected chi connectivity index (χ2v) is 7.17. The number of halogens is 1. The Bertz CT molecular complexity index is 900. The van der Waals surface area contributed by atoms with Crippen molar-refractivity contribution < 1.29 is 23.9 Å². The van der Waals surface area contributed by atoms with Gasteiger partial charge in [-0.15, -0.1) is 12.4 Å². The van der Waals surface area contributed by atoms with Gasteiger partial charge in [-0.3, -0.25) is 14.6 Å². The number of pyridine rings is 1. The minimum absolute atomic E-state index is 0. The first-order valence-electron chi connectivity index (χ1n) is 10.2. The summed E-state index contributed by atoms with van der Waals surface area (Å²) in [6.45, 7) is 5.14. The first-order chi connectivity index (χ1) is 14.4. The fourth-order valence-corrected chi connectivity index (χ4v) is 3.39. The first kappa shape index (κ1) is 26.3. The summed E-state index contributed by atoms with van der Waals surface area (Å²) in [5.41, 5.74) is 2.37. The van der Waals surface area contributed by atoms with Gasteiger partial charge in [-0.05, 0) is 64.2 Å². The lowest BCUT2D eigenvalue weighted by Gasteiger charge is -2.18. The van der Waals surface area contributed by atoms with Crippen LogP contribution in [0.3, 0.4) is 0 Å². The maximum absolute atomic E-state index is 12.8. The highest BCUT2D eigenvalue weighted by molar-refractivity contribution is 6.25. The van der Waals surface area contributed by atoms with E-state index in [1.165, 1.54) is 18.7 Å². The molecule has 2 rings (SSSR count). The van der Waals surface area contributed by atoms with E-state index in [2.05, 4.69) is 4.98 Å². The molecule has 1 heterocycles. The molecule has 0 saturated carbocycles. The predicted octanol–water partition coefficient (Wildman–Crippen LogP) is 4.48. The fraction of sp³-hybridized carbons (Fsp3) is 0.417. The predicted molar refractivity (Wildman–Crippen MR) is 121 cm³/mol. The van der Waals surface area contributed by atoms with Crippen molar-refractivity contribution in [3.63, 3.8) is 0 Å². The number of esters is 1. The number of unbranched alkanes of at least 4 members (excludes halogenated alkanes) is 2. The number of ether oxygens (including phenoxy) is 2. The smallest absolute Gasteiger partial charge is 0.334 e. The first-order valence-corrected chi connectivity index (χ1v) is 10.2. The van der Waals surface area contributed by atoms with E-state index in [1.807, 2.05) is 18.3 Å². The maximum Gasteiger partial charge on any atom is 0.334 e. The van der Waals surface area contributed by atoms with E-state index in [-0.39, 0.29) is 47.5 Å². The van der Waals surface area contributed by atoms with Crippen molar-refractivity contribution >= 4 is 29.9 Å². The molecule has 0 bridgehead atoms. The van der Waals surface area contributed by atoms with E-state index >= 15 is 0 Å². The zero-order valence-electron chi connectivity index (χ0n) is 18.5. The summed E-state index contributed by atoms with van der Waals surface area (Å²) >= 11 is 0. The number of aromatic nitrogens is 1. The topological polar surface area (TPSA) is 82.6 Å². The minimum Gasteiger partial charge on any atom is -0.492 e. The maximum atomic E-state index is 12.8. The van der Waals surface area contributed by atoms with Crippen molar-refractivity contribution in [3.8, 4) is 0 Å². The number of ketones is 2. The van der Waals surface area contributed by atoms with Gasteiger partial charge < -0.3 is 9.47 Å². The number of aryl methyl sites for hydroxylation is 1. The Hall–Kier alpha value is -2.73. The number of nitrogens with zero attached hydrogens (tertiary/aromatic N) is 1. The van der Waals surface area contributed by atoms with Gasteiger partial charge in [0.15, 0.2) is 11.5 Å². The van der Waals surface area contributed by atoms with Crippen molar-refractivity contribution in [1.82, 2.24) is 4.98 Å². The van der Waals surface area contributed by atoms with E-state index in [1.54, 1.807) is 27.0 Å². The van der Waals surface area contributed by atoms with E-state index in [4.69, 9.17) is 9.47 Å². The number of carbonyl (C=O) groups is 3. The van der Waals surface area contributed by atoms with Crippen LogP contribution in [0.15, 0.2) is 58.7 Å². The summed E-state index contributed by atoms with van der Waals surface area (Å²) in [4.78, 5) is 41.8. The standard InChI is InChI=1S/C24H29NO5.ClH/c1-5-30-24(28)19(12-8-6-7-10-18-11-9-13-25-15-18)14-20-16(2)21(26)17(3)23(29-4)22(20)27;/h9,11,13-15H,5-8,10,12H2,1-4H3;1H/b19-14+;. The Morgan fingerprint density at radius 3 is 2.45 bits per heavy atom. The summed E-state index contributed by atoms with van der Waals surface area (Å²) < 4.78 is 10.3. The Morgan fingerprint density at radius 2 is 1.84 bits per heavy atom. The van der Waals surface area contributed by atoms with Crippen LogP contribution in [-0.4, -0.2) is 36.2 Å². The van der Waals surface area contributed by atoms with Crippen molar-refractivity contribution in [2.45, 2.75) is 52.9 Å². The Morgan fingerprint density at radius 1 is 1.10 bits per heavy atom. The summed E-state index contributed by atoms with van der Waals surface area (Å²) in [6, 6.07) is 3.96. The van der Waals surface area contributed by atoms with Gasteiger partial charge in [0.2, 0.25) is 5.78 Å². The third kappa shape index (κ3) is 6.89. The average Bonchev–Trinajstić information content (AvgIpc) is 2.75. The van der Waals surface area contributed by atoms with Gasteiger partial charge in [-0.1, -0.05) is 12.5 Å². The van der Waals surface area contributed by atoms with Gasteiger partial charge in [0.05, 0.1) is 13.7 Å². The van der Waals surface area contributed by atoms with E-state index in [0.29, 0.717) is 17.6 Å². The molecular weight excluding hydrogens is 418 g/mol. The molecule has 1 aliphatic carbocycles. The van der Waals surface area contributed by atoms with Gasteiger partial charge in [0, 0.05) is 34.7 Å². The molecule has 0 aromatic carbocycles. The van der Waals surface area contributed by atoms with Crippen molar-refractivity contribution in [2.75, 3.05) is 13.7 Å². The number of allylic oxidation sites excluding steroid dienone is 4. The fourth-order valence-electron chi connectivity index (χ4n) is 3.39. The normalized spacial score (nSPS) is 14.5. The number of hydrogen-bond acceptors (Lipinski definition) is 6. The molecule has 0 atom stereocenters. The molecule has 31 heavy (non-hydrogen) atoms. The van der Waals surface area contributed by atoms with Crippen LogP contribution < -0.4 is 0 Å². The Balaban J connectivity index is 0.00000480. The molecule has 0 N–H and O–H groups in total. The molecule has 1 aromatic heterocycles. The number of carbonyl (C=O) groups excluding carboxylic acids is 3. The van der Waals surface area contributed by atoms with Crippen LogP contribution in [0, 0.1) is 0 Å². The minimum atomic E-state index is -0.462. The highest BCUT2D eigenvalue weighted by atomic mass is 35.5. The zero-order valence-corrected chi connectivity index (χ0v) is 19.3. The molecule has 0 amide bonds. The molecule has 0 aliphatic heterocycles. The molecule has 0 fully saturated rings. The largest absolute Gasteiger partial charge is 0.492 e. The molecule has 7 heteroatoms. The summed E-state index contributed by atoms with van der Waals surface area (Å²) in [6.07, 6.45) is 9.15. The lowest BCUT2D eigenvalue weighted by molar-refractivity contribution is -0.138. The number of rotatable bonds is 10. The number of Topliss-reactive ketones (excluding diaryl/α,β-unsaturated/α-hetero) is 2. The quantitative estimate of drug-likeness (QED) is 0.227. The van der Waals surface area contributed by atoms with E-state index in [9.17, 15) is 14.4 Å². The van der Waals surface area contributed by atoms with Gasteiger partial charge in [0.25, 0.3) is 0 Å². The van der Waals surface area contributed by atoms with Crippen LogP contribution in [0.2, 0.25) is 0 Å². The van der Waals surface area contributed by atoms with Crippen LogP contribution >= 0.6 is 12.4 Å². The van der Waals surface area contributed by atoms with Crippen LogP contribution in [0.25, 0.3) is 0 Å². The third-order valence-corrected chi connectivity index (χ3v) is 5.07. The molecule has 6 nitrogen and oxygen atoms in total. The van der Waals surface area contributed by atoms with Crippen molar-refractivity contribution in [2.24, 2.45) is 0 Å². The lowest BCUT2D eigenvalue weighted by atomic mass is 9.88. The molecule has 0 spiro atoms. The van der Waals surface area contributed by atoms with Crippen LogP contribution in [0.1, 0.15) is 52.0 Å². The summed E-state index contributed by atoms with van der Waals surface area (Å²) in [5.74, 6) is -1.07. The monoisotopic (exact) mass is 447 g/mol. The SMILES string of the molecule is CCOC(=O)/C(=C/C1=C(C)C(=O)C(C)=C(OC)C1=O)CCCCCc1cccnc1.Cl. The van der Waals surface area contributed by atoms with Gasteiger partial charge >= 0.3 is 5.97 Å². The van der Waals surface area contributed by atoms with E-state index in [0.717, 1.165) is 25.7 Å². The number of hydrogen-bond donors (Lipinski definition) is 0. The summed E-state index contributed by atoms with van der Waals surface area (Å²) in [7, 11) is 1.36. The molecule has 168 valence electrons. The van der Waals surface area contributed by atoms with Crippen LogP contribution in [0.5, 0.6) is 0 Å². The molecular formula is C24H30ClNO5. The zero-order chi connectivity index (χ0) is 22.1. The third-order valence-electron chi connectivity index (χ3n) is 5.07. The average molecular weight is 448 g/mol. The number of methoxy groups -OCH3 is 1. The van der Waals surface area contributed by atoms with E-state index < -0.39 is 5.97 Å². The second-order valence-electron chi connectivity index (χ2n) is 7.17. The molecule has 1 aromatic rings. The highest BCUT2D eigenvalue weighted by Crippen LogP contribution is 2.27. The van der Waals surface area contributed by atoms with Gasteiger partial charge in [-0.2, -0.15) is 0 Å². The lowest BCUT2D eigenvalue weighted by Crippen LogP contribution is -2.23. The summed E-state index contributed by atoms with van der Waals surface area (Å²) in [5, 5.41) is 0. The van der Waals surface area contributed by atoms with Gasteiger partial charge in [-0.25, -0.2) is 4.79 Å². The van der Waals surface area contributed by atoms with Crippen molar-refractivity contribution in [3.05, 3.63) is 64.2 Å². The molecule has 0 radical (unpaired) electrons. The van der Waals surface area contributed by atoms with Crippen LogP contribution in [0.4, 0.5) is 0 Å². The molecule has 0 saturated heterocycles. The van der Waals surface area contributed by atoms with Crippen LogP contribution in [-0.2, 0) is 30.3 Å². The van der Waals surface area contributed by atoms with Crippen molar-refractivity contribution in [1.29, 1.82) is 0 Å². The molecule has 1 aliphatic rings. The molecule has 0 unspecified atom stereocenters.